The van der Waals surface area contributed by atoms with Crippen molar-refractivity contribution in [1.82, 2.24) is 5.32 Å². The molecule has 1 aromatic rings. The molecule has 1 saturated heterocycles. The molecule has 1 aromatic carbocycles. The van der Waals surface area contributed by atoms with E-state index in [-0.39, 0.29) is 18.4 Å². The second-order valence-electron chi connectivity index (χ2n) is 3.35. The lowest BCUT2D eigenvalue weighted by atomic mass is 10.1. The summed E-state index contributed by atoms with van der Waals surface area (Å²) in [4.78, 5) is 0. The second-order valence-corrected chi connectivity index (χ2v) is 3.35. The minimum Gasteiger partial charge on any atom is -0.310 e. The Labute approximate surface area is 87.9 Å². The quantitative estimate of drug-likeness (QED) is 0.766. The Morgan fingerprint density at radius 3 is 2.29 bits per heavy atom. The third kappa shape index (κ3) is 2.42. The molecule has 4 heteroatoms. The van der Waals surface area contributed by atoms with Crippen molar-refractivity contribution in [2.75, 3.05) is 6.54 Å². The summed E-state index contributed by atoms with van der Waals surface area (Å²) in [6.45, 7) is 0.933. The van der Waals surface area contributed by atoms with Gasteiger partial charge in [-0.05, 0) is 37.1 Å². The van der Waals surface area contributed by atoms with Gasteiger partial charge in [-0.3, -0.25) is 0 Å². The van der Waals surface area contributed by atoms with E-state index in [0.717, 1.165) is 31.0 Å². The summed E-state index contributed by atoms with van der Waals surface area (Å²) in [6.07, 6.45) is 2.03. The minimum absolute atomic E-state index is 0. The maximum Gasteiger partial charge on any atom is 0.126 e. The molecular formula is C10H12ClF2N. The Balaban J connectivity index is 0.000000980. The SMILES string of the molecule is Cl.Fc1cc(F)cc(C2CCCN2)c1. The minimum atomic E-state index is -0.497. The zero-order valence-corrected chi connectivity index (χ0v) is 8.41. The van der Waals surface area contributed by atoms with E-state index in [1.807, 2.05) is 0 Å². The number of hydrogen-bond acceptors (Lipinski definition) is 1. The summed E-state index contributed by atoms with van der Waals surface area (Å²) in [6, 6.07) is 3.82. The molecule has 1 nitrogen and oxygen atoms in total. The molecule has 1 unspecified atom stereocenters. The van der Waals surface area contributed by atoms with Gasteiger partial charge in [0, 0.05) is 12.1 Å². The highest BCUT2D eigenvalue weighted by Gasteiger charge is 2.17. The van der Waals surface area contributed by atoms with E-state index in [1.165, 1.54) is 12.1 Å². The van der Waals surface area contributed by atoms with Gasteiger partial charge in [-0.2, -0.15) is 0 Å². The monoisotopic (exact) mass is 219 g/mol. The number of hydrogen-bond donors (Lipinski definition) is 1. The molecule has 0 spiro atoms. The van der Waals surface area contributed by atoms with E-state index in [0.29, 0.717) is 0 Å². The second kappa shape index (κ2) is 4.71. The fraction of sp³-hybridized carbons (Fsp3) is 0.400. The highest BCUT2D eigenvalue weighted by atomic mass is 35.5. The van der Waals surface area contributed by atoms with Crippen molar-refractivity contribution in [3.63, 3.8) is 0 Å². The molecular weight excluding hydrogens is 208 g/mol. The predicted molar refractivity (Wildman–Crippen MR) is 53.6 cm³/mol. The summed E-state index contributed by atoms with van der Waals surface area (Å²) in [5, 5.41) is 3.19. The van der Waals surface area contributed by atoms with Crippen LogP contribution in [0.25, 0.3) is 0 Å². The summed E-state index contributed by atoms with van der Waals surface area (Å²) in [5.74, 6) is -0.993. The van der Waals surface area contributed by atoms with Gasteiger partial charge < -0.3 is 5.32 Å². The van der Waals surface area contributed by atoms with E-state index < -0.39 is 11.6 Å². The fourth-order valence-electron chi connectivity index (χ4n) is 1.75. The molecule has 14 heavy (non-hydrogen) atoms. The number of nitrogens with one attached hydrogen (secondary N) is 1. The molecule has 1 fully saturated rings. The standard InChI is InChI=1S/C10H11F2N.ClH/c11-8-4-7(5-9(12)6-8)10-2-1-3-13-10;/h4-6,10,13H,1-3H2;1H. The van der Waals surface area contributed by atoms with Gasteiger partial charge in [-0.15, -0.1) is 12.4 Å². The molecule has 1 N–H and O–H groups in total. The van der Waals surface area contributed by atoms with Crippen LogP contribution >= 0.6 is 12.4 Å². The lowest BCUT2D eigenvalue weighted by Crippen LogP contribution is -2.13. The number of rotatable bonds is 1. The van der Waals surface area contributed by atoms with Crippen molar-refractivity contribution in [3.05, 3.63) is 35.4 Å². The van der Waals surface area contributed by atoms with E-state index >= 15 is 0 Å². The largest absolute Gasteiger partial charge is 0.310 e. The van der Waals surface area contributed by atoms with Crippen molar-refractivity contribution >= 4 is 12.4 Å². The molecule has 0 radical (unpaired) electrons. The zero-order chi connectivity index (χ0) is 9.26. The van der Waals surface area contributed by atoms with E-state index in [2.05, 4.69) is 5.32 Å². The highest BCUT2D eigenvalue weighted by Crippen LogP contribution is 2.24. The summed E-state index contributed by atoms with van der Waals surface area (Å²) < 4.78 is 25.6. The van der Waals surface area contributed by atoms with Crippen molar-refractivity contribution in [3.8, 4) is 0 Å². The van der Waals surface area contributed by atoms with Crippen molar-refractivity contribution in [2.45, 2.75) is 18.9 Å². The van der Waals surface area contributed by atoms with Crippen LogP contribution in [0.4, 0.5) is 8.78 Å². The third-order valence-corrected chi connectivity index (χ3v) is 2.35. The van der Waals surface area contributed by atoms with Crippen LogP contribution in [0.3, 0.4) is 0 Å². The van der Waals surface area contributed by atoms with Crippen LogP contribution < -0.4 is 5.32 Å². The van der Waals surface area contributed by atoms with Crippen LogP contribution in [0.1, 0.15) is 24.4 Å². The normalized spacial score (nSPS) is 20.6. The van der Waals surface area contributed by atoms with Gasteiger partial charge in [0.05, 0.1) is 0 Å². The van der Waals surface area contributed by atoms with Gasteiger partial charge in [0.1, 0.15) is 11.6 Å². The Morgan fingerprint density at radius 2 is 1.79 bits per heavy atom. The first-order chi connectivity index (χ1) is 6.25. The molecule has 1 aliphatic rings. The lowest BCUT2D eigenvalue weighted by molar-refractivity contribution is 0.565. The molecule has 0 amide bonds. The van der Waals surface area contributed by atoms with Gasteiger partial charge >= 0.3 is 0 Å². The smallest absolute Gasteiger partial charge is 0.126 e. The number of halogens is 3. The van der Waals surface area contributed by atoms with E-state index in [4.69, 9.17) is 0 Å². The van der Waals surface area contributed by atoms with Crippen LogP contribution in [-0.2, 0) is 0 Å². The number of benzene rings is 1. The molecule has 1 aliphatic heterocycles. The zero-order valence-electron chi connectivity index (χ0n) is 7.59. The van der Waals surface area contributed by atoms with Gasteiger partial charge in [0.15, 0.2) is 0 Å². The van der Waals surface area contributed by atoms with Crippen molar-refractivity contribution < 1.29 is 8.78 Å². The average Bonchev–Trinajstić information content (AvgIpc) is 2.53. The fourth-order valence-corrected chi connectivity index (χ4v) is 1.75. The molecule has 78 valence electrons. The van der Waals surface area contributed by atoms with Crippen LogP contribution in [0.5, 0.6) is 0 Å². The van der Waals surface area contributed by atoms with Crippen LogP contribution in [0.15, 0.2) is 18.2 Å². The first kappa shape index (κ1) is 11.4. The third-order valence-electron chi connectivity index (χ3n) is 2.35. The topological polar surface area (TPSA) is 12.0 Å². The maximum absolute atomic E-state index is 12.8. The Kier molecular flexibility index (Phi) is 3.84. The Bertz CT molecular complexity index is 291. The average molecular weight is 220 g/mol. The first-order valence-corrected chi connectivity index (χ1v) is 4.45. The predicted octanol–water partition coefficient (Wildman–Crippen LogP) is 2.81. The van der Waals surface area contributed by atoms with Crippen LogP contribution in [0, 0.1) is 11.6 Å². The Morgan fingerprint density at radius 1 is 1.14 bits per heavy atom. The molecule has 0 bridgehead atoms. The summed E-state index contributed by atoms with van der Waals surface area (Å²) in [7, 11) is 0. The molecule has 0 aromatic heterocycles. The van der Waals surface area contributed by atoms with Crippen LogP contribution in [-0.4, -0.2) is 6.54 Å². The maximum atomic E-state index is 12.8. The van der Waals surface area contributed by atoms with E-state index in [9.17, 15) is 8.78 Å². The van der Waals surface area contributed by atoms with Gasteiger partial charge in [-0.25, -0.2) is 8.78 Å². The van der Waals surface area contributed by atoms with Gasteiger partial charge in [0.2, 0.25) is 0 Å². The highest BCUT2D eigenvalue weighted by molar-refractivity contribution is 5.85. The van der Waals surface area contributed by atoms with Crippen molar-refractivity contribution in [2.24, 2.45) is 0 Å². The summed E-state index contributed by atoms with van der Waals surface area (Å²) >= 11 is 0. The molecule has 1 heterocycles. The lowest BCUT2D eigenvalue weighted by Gasteiger charge is -2.10. The van der Waals surface area contributed by atoms with Crippen LogP contribution in [0.2, 0.25) is 0 Å². The molecule has 1 atom stereocenters. The van der Waals surface area contributed by atoms with Gasteiger partial charge in [-0.1, -0.05) is 0 Å². The van der Waals surface area contributed by atoms with Crippen molar-refractivity contribution in [1.29, 1.82) is 0 Å². The molecule has 2 rings (SSSR count). The molecule has 0 aliphatic carbocycles. The first-order valence-electron chi connectivity index (χ1n) is 4.45. The van der Waals surface area contributed by atoms with Gasteiger partial charge in [0.25, 0.3) is 0 Å². The molecule has 0 saturated carbocycles. The Hall–Kier alpha value is -0.670. The van der Waals surface area contributed by atoms with E-state index in [1.54, 1.807) is 0 Å². The summed E-state index contributed by atoms with van der Waals surface area (Å²) in [5.41, 5.74) is 0.718.